The number of hydrogen-bond acceptors (Lipinski definition) is 5. The second kappa shape index (κ2) is 8.85. The third-order valence-electron chi connectivity index (χ3n) is 3.05. The molecule has 1 amide bonds. The number of nitrogens with zero attached hydrogens (tertiary/aromatic N) is 2. The molecule has 23 heavy (non-hydrogen) atoms. The summed E-state index contributed by atoms with van der Waals surface area (Å²) in [6.07, 6.45) is 1.10. The number of para-hydroxylation sites is 2. The van der Waals surface area contributed by atoms with Gasteiger partial charge in [-0.25, -0.2) is 8.42 Å². The van der Waals surface area contributed by atoms with Crippen LogP contribution in [0.25, 0.3) is 0 Å². The number of carbonyl (C=O) groups excluding carboxylic acids is 1. The number of anilines is 1. The first-order valence-corrected chi connectivity index (χ1v) is 9.20. The Morgan fingerprint density at radius 1 is 1.22 bits per heavy atom. The maximum atomic E-state index is 12.2. The second-order valence-electron chi connectivity index (χ2n) is 5.38. The topological polar surface area (TPSA) is 79.0 Å². The molecule has 0 atom stereocenters. The number of amides is 1. The summed E-state index contributed by atoms with van der Waals surface area (Å²) >= 11 is 0. The van der Waals surface area contributed by atoms with E-state index in [0.29, 0.717) is 24.6 Å². The Balaban J connectivity index is 2.76. The summed E-state index contributed by atoms with van der Waals surface area (Å²) < 4.78 is 30.2. The van der Waals surface area contributed by atoms with E-state index in [0.717, 1.165) is 10.6 Å². The molecule has 0 saturated heterocycles. The molecule has 0 aromatic heterocycles. The number of carbonyl (C=O) groups is 1. The van der Waals surface area contributed by atoms with Crippen molar-refractivity contribution in [3.05, 3.63) is 24.3 Å². The van der Waals surface area contributed by atoms with Crippen LogP contribution in [0.5, 0.6) is 5.75 Å². The average molecular weight is 343 g/mol. The molecule has 0 bridgehead atoms. The van der Waals surface area contributed by atoms with Gasteiger partial charge in [0.05, 0.1) is 25.1 Å². The molecule has 1 N–H and O–H groups in total. The lowest BCUT2D eigenvalue weighted by Crippen LogP contribution is -2.41. The lowest BCUT2D eigenvalue weighted by molar-refractivity contribution is -0.116. The molecule has 0 spiro atoms. The predicted octanol–water partition coefficient (Wildman–Crippen LogP) is 0.847. The number of likely N-dealkylation sites (N-methyl/N-ethyl adjacent to an activating group) is 1. The van der Waals surface area contributed by atoms with E-state index in [2.05, 4.69) is 5.32 Å². The van der Waals surface area contributed by atoms with E-state index >= 15 is 0 Å². The van der Waals surface area contributed by atoms with Crippen molar-refractivity contribution in [2.24, 2.45) is 0 Å². The first kappa shape index (κ1) is 19.4. The molecule has 0 radical (unpaired) electrons. The van der Waals surface area contributed by atoms with Crippen LogP contribution in [0.2, 0.25) is 0 Å². The van der Waals surface area contributed by atoms with Gasteiger partial charge in [0.1, 0.15) is 5.75 Å². The third-order valence-corrected chi connectivity index (χ3v) is 4.30. The van der Waals surface area contributed by atoms with Crippen molar-refractivity contribution in [1.29, 1.82) is 0 Å². The molecule has 0 fully saturated rings. The Bertz CT molecular complexity index is 617. The van der Waals surface area contributed by atoms with E-state index in [4.69, 9.17) is 4.74 Å². The van der Waals surface area contributed by atoms with Crippen molar-refractivity contribution >= 4 is 21.6 Å². The summed E-state index contributed by atoms with van der Waals surface area (Å²) in [6, 6.07) is 7.05. The fourth-order valence-electron chi connectivity index (χ4n) is 1.87. The van der Waals surface area contributed by atoms with Crippen LogP contribution in [0.4, 0.5) is 5.69 Å². The standard InChI is InChI=1S/C15H25N3O4S/c1-5-22-14-9-7-6-8-13(14)16-15(19)12-18(23(4,20)21)11-10-17(2)3/h6-9H,5,10-12H2,1-4H3,(H,16,19). The number of sulfonamides is 1. The molecule has 7 nitrogen and oxygen atoms in total. The summed E-state index contributed by atoms with van der Waals surface area (Å²) in [4.78, 5) is 14.0. The molecule has 0 heterocycles. The number of rotatable bonds is 9. The van der Waals surface area contributed by atoms with Crippen molar-refractivity contribution in [3.8, 4) is 5.75 Å². The first-order valence-electron chi connectivity index (χ1n) is 7.35. The van der Waals surface area contributed by atoms with Crippen LogP contribution in [-0.4, -0.2) is 70.1 Å². The first-order chi connectivity index (χ1) is 10.7. The Hall–Kier alpha value is -1.64. The van der Waals surface area contributed by atoms with E-state index in [9.17, 15) is 13.2 Å². The molecule has 1 aromatic rings. The predicted molar refractivity (Wildman–Crippen MR) is 91.2 cm³/mol. The minimum absolute atomic E-state index is 0.229. The summed E-state index contributed by atoms with van der Waals surface area (Å²) in [5.41, 5.74) is 0.528. The molecular formula is C15H25N3O4S. The largest absolute Gasteiger partial charge is 0.492 e. The Morgan fingerprint density at radius 2 is 1.87 bits per heavy atom. The zero-order chi connectivity index (χ0) is 17.5. The van der Waals surface area contributed by atoms with Gasteiger partial charge < -0.3 is 15.0 Å². The smallest absolute Gasteiger partial charge is 0.239 e. The zero-order valence-electron chi connectivity index (χ0n) is 14.1. The highest BCUT2D eigenvalue weighted by molar-refractivity contribution is 7.88. The molecule has 0 aliphatic rings. The summed E-state index contributed by atoms with van der Waals surface area (Å²) in [5.74, 6) is 0.156. The van der Waals surface area contributed by atoms with Crippen LogP contribution >= 0.6 is 0 Å². The van der Waals surface area contributed by atoms with Gasteiger partial charge in [0.2, 0.25) is 15.9 Å². The summed E-state index contributed by atoms with van der Waals surface area (Å²) in [7, 11) is 0.238. The molecule has 0 saturated carbocycles. The van der Waals surface area contributed by atoms with Crippen LogP contribution in [0.15, 0.2) is 24.3 Å². The van der Waals surface area contributed by atoms with Gasteiger partial charge in [0.15, 0.2) is 0 Å². The Morgan fingerprint density at radius 3 is 2.43 bits per heavy atom. The normalized spacial score (nSPS) is 11.7. The maximum absolute atomic E-state index is 12.2. The number of hydrogen-bond donors (Lipinski definition) is 1. The quantitative estimate of drug-likeness (QED) is 0.719. The SMILES string of the molecule is CCOc1ccccc1NC(=O)CN(CCN(C)C)S(C)(=O)=O. The Labute approximate surface area is 138 Å². The van der Waals surface area contributed by atoms with Crippen LogP contribution in [0.3, 0.4) is 0 Å². The molecule has 1 aromatic carbocycles. The van der Waals surface area contributed by atoms with Crippen LogP contribution < -0.4 is 10.1 Å². The van der Waals surface area contributed by atoms with E-state index in [1.165, 1.54) is 0 Å². The van der Waals surface area contributed by atoms with Crippen molar-refractivity contribution in [2.45, 2.75) is 6.92 Å². The molecule has 130 valence electrons. The molecule has 0 unspecified atom stereocenters. The maximum Gasteiger partial charge on any atom is 0.239 e. The highest BCUT2D eigenvalue weighted by atomic mass is 32.2. The van der Waals surface area contributed by atoms with Crippen molar-refractivity contribution in [1.82, 2.24) is 9.21 Å². The van der Waals surface area contributed by atoms with Crippen LogP contribution in [-0.2, 0) is 14.8 Å². The monoisotopic (exact) mass is 343 g/mol. The minimum atomic E-state index is -3.45. The Kier molecular flexibility index (Phi) is 7.47. The van der Waals surface area contributed by atoms with E-state index in [1.54, 1.807) is 24.3 Å². The fraction of sp³-hybridized carbons (Fsp3) is 0.533. The highest BCUT2D eigenvalue weighted by Crippen LogP contribution is 2.23. The third kappa shape index (κ3) is 6.98. The number of nitrogens with one attached hydrogen (secondary N) is 1. The van der Waals surface area contributed by atoms with Gasteiger partial charge in [-0.1, -0.05) is 12.1 Å². The van der Waals surface area contributed by atoms with Gasteiger partial charge in [-0.2, -0.15) is 4.31 Å². The number of benzene rings is 1. The minimum Gasteiger partial charge on any atom is -0.492 e. The lowest BCUT2D eigenvalue weighted by atomic mass is 10.3. The van der Waals surface area contributed by atoms with E-state index < -0.39 is 15.9 Å². The molecule has 0 aliphatic heterocycles. The van der Waals surface area contributed by atoms with Gasteiger partial charge in [-0.05, 0) is 33.2 Å². The summed E-state index contributed by atoms with van der Waals surface area (Å²) in [5, 5.41) is 2.70. The lowest BCUT2D eigenvalue weighted by Gasteiger charge is -2.21. The molecular weight excluding hydrogens is 318 g/mol. The van der Waals surface area contributed by atoms with Gasteiger partial charge in [0.25, 0.3) is 0 Å². The average Bonchev–Trinajstić information content (AvgIpc) is 2.44. The number of ether oxygens (including phenoxy) is 1. The van der Waals surface area contributed by atoms with E-state index in [1.807, 2.05) is 25.9 Å². The van der Waals surface area contributed by atoms with Gasteiger partial charge in [0, 0.05) is 13.1 Å². The molecule has 0 aliphatic carbocycles. The van der Waals surface area contributed by atoms with Gasteiger partial charge >= 0.3 is 0 Å². The second-order valence-corrected chi connectivity index (χ2v) is 7.36. The van der Waals surface area contributed by atoms with E-state index in [-0.39, 0.29) is 13.1 Å². The fourth-order valence-corrected chi connectivity index (χ4v) is 2.64. The van der Waals surface area contributed by atoms with Crippen LogP contribution in [0, 0.1) is 0 Å². The summed E-state index contributed by atoms with van der Waals surface area (Å²) in [6.45, 7) is 2.89. The molecule has 8 heteroatoms. The van der Waals surface area contributed by atoms with Crippen molar-refractivity contribution in [2.75, 3.05) is 51.9 Å². The zero-order valence-corrected chi connectivity index (χ0v) is 14.9. The van der Waals surface area contributed by atoms with Crippen molar-refractivity contribution < 1.29 is 17.9 Å². The van der Waals surface area contributed by atoms with Gasteiger partial charge in [-0.3, -0.25) is 4.79 Å². The highest BCUT2D eigenvalue weighted by Gasteiger charge is 2.20. The molecule has 1 rings (SSSR count). The van der Waals surface area contributed by atoms with Gasteiger partial charge in [-0.15, -0.1) is 0 Å². The van der Waals surface area contributed by atoms with Crippen molar-refractivity contribution in [3.63, 3.8) is 0 Å². The van der Waals surface area contributed by atoms with Crippen LogP contribution in [0.1, 0.15) is 6.92 Å².